The minimum atomic E-state index is -0.553. The van der Waals surface area contributed by atoms with Crippen LogP contribution in [0, 0.1) is 10.1 Å². The van der Waals surface area contributed by atoms with Gasteiger partial charge in [0.05, 0.1) is 10.6 Å². The van der Waals surface area contributed by atoms with Crippen LogP contribution >= 0.6 is 39.1 Å². The average Bonchev–Trinajstić information content (AvgIpc) is 2.39. The summed E-state index contributed by atoms with van der Waals surface area (Å²) in [6.07, 6.45) is 0. The molecule has 0 fully saturated rings. The van der Waals surface area contributed by atoms with Crippen LogP contribution in [-0.4, -0.2) is 15.8 Å². The van der Waals surface area contributed by atoms with Gasteiger partial charge < -0.3 is 5.32 Å². The van der Waals surface area contributed by atoms with Gasteiger partial charge in [-0.25, -0.2) is 4.98 Å². The van der Waals surface area contributed by atoms with Crippen LogP contribution in [0.25, 0.3) is 0 Å². The van der Waals surface area contributed by atoms with Crippen LogP contribution in [0.3, 0.4) is 0 Å². The van der Waals surface area contributed by atoms with E-state index in [1.165, 1.54) is 30.3 Å². The van der Waals surface area contributed by atoms with E-state index in [2.05, 4.69) is 26.2 Å². The summed E-state index contributed by atoms with van der Waals surface area (Å²) in [4.78, 5) is 26.0. The zero-order valence-electron chi connectivity index (χ0n) is 10.1. The van der Waals surface area contributed by atoms with Gasteiger partial charge in [-0.2, -0.15) is 0 Å². The molecular formula is C12H6BrCl2N3O3. The maximum absolute atomic E-state index is 12.1. The Bertz CT molecular complexity index is 719. The van der Waals surface area contributed by atoms with Crippen LogP contribution in [0.4, 0.5) is 11.4 Å². The molecule has 1 aromatic heterocycles. The van der Waals surface area contributed by atoms with Crippen LogP contribution in [0.5, 0.6) is 0 Å². The molecule has 9 heteroatoms. The summed E-state index contributed by atoms with van der Waals surface area (Å²) in [5.74, 6) is -0.512. The van der Waals surface area contributed by atoms with Crippen molar-refractivity contribution in [3.8, 4) is 0 Å². The Morgan fingerprint density at radius 3 is 2.43 bits per heavy atom. The Morgan fingerprint density at radius 1 is 1.24 bits per heavy atom. The number of amides is 1. The monoisotopic (exact) mass is 389 g/mol. The summed E-state index contributed by atoms with van der Waals surface area (Å²) in [5.41, 5.74) is 0.316. The number of nitrogens with zero attached hydrogens (tertiary/aromatic N) is 2. The summed E-state index contributed by atoms with van der Waals surface area (Å²) in [6.45, 7) is 0. The highest BCUT2D eigenvalue weighted by atomic mass is 79.9. The highest BCUT2D eigenvalue weighted by Gasteiger charge is 2.14. The first-order valence-corrected chi connectivity index (χ1v) is 7.00. The van der Waals surface area contributed by atoms with Gasteiger partial charge >= 0.3 is 0 Å². The zero-order chi connectivity index (χ0) is 15.6. The minimum absolute atomic E-state index is 0.0748. The van der Waals surface area contributed by atoms with Crippen LogP contribution in [-0.2, 0) is 0 Å². The van der Waals surface area contributed by atoms with Crippen molar-refractivity contribution >= 4 is 56.4 Å². The third kappa shape index (κ3) is 3.90. The second-order valence-electron chi connectivity index (χ2n) is 3.88. The lowest BCUT2D eigenvalue weighted by molar-refractivity contribution is -0.384. The van der Waals surface area contributed by atoms with Crippen LogP contribution in [0.15, 0.2) is 34.8 Å². The van der Waals surface area contributed by atoms with Crippen molar-refractivity contribution in [2.45, 2.75) is 0 Å². The number of rotatable bonds is 3. The molecule has 0 atom stereocenters. The van der Waals surface area contributed by atoms with E-state index in [0.717, 1.165) is 0 Å². The second-order valence-corrected chi connectivity index (χ2v) is 5.51. The lowest BCUT2D eigenvalue weighted by Gasteiger charge is -2.07. The number of benzene rings is 1. The number of hydrogen-bond acceptors (Lipinski definition) is 4. The zero-order valence-corrected chi connectivity index (χ0v) is 13.2. The van der Waals surface area contributed by atoms with Crippen molar-refractivity contribution in [3.05, 3.63) is 60.8 Å². The Labute approximate surface area is 137 Å². The van der Waals surface area contributed by atoms with Gasteiger partial charge in [0.15, 0.2) is 0 Å². The number of anilines is 1. The van der Waals surface area contributed by atoms with Crippen molar-refractivity contribution in [1.82, 2.24) is 4.98 Å². The van der Waals surface area contributed by atoms with E-state index in [9.17, 15) is 14.9 Å². The molecular weight excluding hydrogens is 385 g/mol. The summed E-state index contributed by atoms with van der Waals surface area (Å²) in [7, 11) is 0. The van der Waals surface area contributed by atoms with Crippen LogP contribution in [0.1, 0.15) is 10.4 Å². The highest BCUT2D eigenvalue weighted by Crippen LogP contribution is 2.27. The SMILES string of the molecule is O=C(Nc1cc([N+](=O)[O-])ccc1Br)c1cc(Cl)nc(Cl)c1. The molecule has 2 aromatic rings. The standard InChI is InChI=1S/C12H6BrCl2N3O3/c13-8-2-1-7(18(20)21)5-9(8)16-12(19)6-3-10(14)17-11(15)4-6/h1-5H,(H,16,19). The number of non-ortho nitro benzene ring substituents is 1. The smallest absolute Gasteiger partial charge is 0.271 e. The minimum Gasteiger partial charge on any atom is -0.321 e. The lowest BCUT2D eigenvalue weighted by Crippen LogP contribution is -2.12. The van der Waals surface area contributed by atoms with Gasteiger partial charge in [-0.15, -0.1) is 0 Å². The van der Waals surface area contributed by atoms with E-state index < -0.39 is 10.8 Å². The van der Waals surface area contributed by atoms with E-state index in [0.29, 0.717) is 4.47 Å². The normalized spacial score (nSPS) is 10.2. The lowest BCUT2D eigenvalue weighted by atomic mass is 10.2. The molecule has 21 heavy (non-hydrogen) atoms. The van der Waals surface area contributed by atoms with E-state index in [1.54, 1.807) is 0 Å². The topological polar surface area (TPSA) is 85.1 Å². The summed E-state index contributed by atoms with van der Waals surface area (Å²) in [6, 6.07) is 6.72. The largest absolute Gasteiger partial charge is 0.321 e. The molecule has 1 amide bonds. The third-order valence-corrected chi connectivity index (χ3v) is 3.51. The average molecular weight is 391 g/mol. The van der Waals surface area contributed by atoms with Gasteiger partial charge in [0.25, 0.3) is 11.6 Å². The Morgan fingerprint density at radius 2 is 1.86 bits per heavy atom. The number of halogens is 3. The molecule has 0 aliphatic rings. The van der Waals surface area contributed by atoms with Gasteiger partial charge in [-0.3, -0.25) is 14.9 Å². The number of pyridine rings is 1. The molecule has 0 unspecified atom stereocenters. The maximum Gasteiger partial charge on any atom is 0.271 e. The Kier molecular flexibility index (Phi) is 4.76. The number of carbonyl (C=O) groups excluding carboxylic acids is 1. The fraction of sp³-hybridized carbons (Fsp3) is 0. The van der Waals surface area contributed by atoms with Gasteiger partial charge in [0, 0.05) is 22.2 Å². The third-order valence-electron chi connectivity index (χ3n) is 2.43. The fourth-order valence-electron chi connectivity index (χ4n) is 1.51. The number of nitro benzene ring substituents is 1. The van der Waals surface area contributed by atoms with Crippen LogP contribution < -0.4 is 5.32 Å². The number of carbonyl (C=O) groups is 1. The Hall–Kier alpha value is -1.70. The molecule has 6 nitrogen and oxygen atoms in total. The van der Waals surface area contributed by atoms with Gasteiger partial charge in [0.1, 0.15) is 10.3 Å². The first-order chi connectivity index (χ1) is 9.86. The summed E-state index contributed by atoms with van der Waals surface area (Å²) in [5, 5.41) is 13.4. The quantitative estimate of drug-likeness (QED) is 0.480. The van der Waals surface area contributed by atoms with Gasteiger partial charge in [-0.1, -0.05) is 23.2 Å². The predicted molar refractivity (Wildman–Crippen MR) is 83.0 cm³/mol. The first kappa shape index (κ1) is 15.7. The van der Waals surface area contributed by atoms with Crippen molar-refractivity contribution in [3.63, 3.8) is 0 Å². The summed E-state index contributed by atoms with van der Waals surface area (Å²) < 4.78 is 0.507. The molecule has 108 valence electrons. The number of nitrogens with one attached hydrogen (secondary N) is 1. The fourth-order valence-corrected chi connectivity index (χ4v) is 2.32. The molecule has 2 rings (SSSR count). The molecule has 0 aliphatic carbocycles. The molecule has 0 radical (unpaired) electrons. The molecule has 0 saturated carbocycles. The molecule has 0 bridgehead atoms. The number of nitro groups is 1. The maximum atomic E-state index is 12.1. The molecule has 0 spiro atoms. The predicted octanol–water partition coefficient (Wildman–Crippen LogP) is 4.31. The second kappa shape index (κ2) is 6.38. The Balaban J connectivity index is 2.31. The van der Waals surface area contributed by atoms with Crippen molar-refractivity contribution in [2.24, 2.45) is 0 Å². The van der Waals surface area contributed by atoms with Crippen LogP contribution in [0.2, 0.25) is 10.3 Å². The first-order valence-electron chi connectivity index (χ1n) is 5.45. The molecule has 1 N–H and O–H groups in total. The molecule has 0 aliphatic heterocycles. The number of hydrogen-bond donors (Lipinski definition) is 1. The van der Waals surface area contributed by atoms with E-state index in [1.807, 2.05) is 0 Å². The van der Waals surface area contributed by atoms with E-state index in [4.69, 9.17) is 23.2 Å². The van der Waals surface area contributed by atoms with E-state index in [-0.39, 0.29) is 27.2 Å². The molecule has 1 aromatic carbocycles. The molecule has 1 heterocycles. The number of aromatic nitrogens is 1. The van der Waals surface area contributed by atoms with Crippen molar-refractivity contribution in [2.75, 3.05) is 5.32 Å². The van der Waals surface area contributed by atoms with Gasteiger partial charge in [0.2, 0.25) is 0 Å². The van der Waals surface area contributed by atoms with E-state index >= 15 is 0 Å². The summed E-state index contributed by atoms with van der Waals surface area (Å²) >= 11 is 14.6. The van der Waals surface area contributed by atoms with Crippen molar-refractivity contribution in [1.29, 1.82) is 0 Å². The van der Waals surface area contributed by atoms with Crippen molar-refractivity contribution < 1.29 is 9.72 Å². The molecule has 0 saturated heterocycles. The highest BCUT2D eigenvalue weighted by molar-refractivity contribution is 9.10. The van der Waals surface area contributed by atoms with Gasteiger partial charge in [-0.05, 0) is 34.1 Å².